The van der Waals surface area contributed by atoms with Crippen molar-refractivity contribution in [3.05, 3.63) is 77.1 Å². The van der Waals surface area contributed by atoms with Gasteiger partial charge in [0.25, 0.3) is 5.91 Å². The molecule has 148 valence electrons. The van der Waals surface area contributed by atoms with Crippen molar-refractivity contribution >= 4 is 17.3 Å². The summed E-state index contributed by atoms with van der Waals surface area (Å²) >= 11 is 0. The Balaban J connectivity index is 1.39. The molecular formula is C23H23N3O3. The smallest absolute Gasteiger partial charge is 0.274 e. The predicted octanol–water partition coefficient (Wildman–Crippen LogP) is 4.55. The number of carbonyl (C=O) groups is 1. The summed E-state index contributed by atoms with van der Waals surface area (Å²) in [7, 11) is 0. The first-order valence-corrected chi connectivity index (χ1v) is 9.62. The summed E-state index contributed by atoms with van der Waals surface area (Å²) in [6, 6.07) is 15.4. The number of hydrogen-bond acceptors (Lipinski definition) is 5. The minimum absolute atomic E-state index is 0.212. The molecule has 2 N–H and O–H groups in total. The summed E-state index contributed by atoms with van der Waals surface area (Å²) < 4.78 is 10.7. The SMILES string of the molecule is CCc1cccc(C)c1NC(=O)c1ccc(NCc2ccc3c(c2)OCO3)cn1. The summed E-state index contributed by atoms with van der Waals surface area (Å²) in [5.74, 6) is 1.32. The number of benzene rings is 2. The second-order valence-corrected chi connectivity index (χ2v) is 6.89. The van der Waals surface area contributed by atoms with Crippen LogP contribution >= 0.6 is 0 Å². The number of anilines is 2. The van der Waals surface area contributed by atoms with Crippen molar-refractivity contribution in [3.63, 3.8) is 0 Å². The third-order valence-electron chi connectivity index (χ3n) is 4.91. The number of para-hydroxylation sites is 1. The van der Waals surface area contributed by atoms with Crippen LogP contribution in [0.2, 0.25) is 0 Å². The molecule has 0 radical (unpaired) electrons. The van der Waals surface area contributed by atoms with Crippen LogP contribution in [0, 0.1) is 6.92 Å². The third kappa shape index (κ3) is 4.16. The summed E-state index contributed by atoms with van der Waals surface area (Å²) in [4.78, 5) is 16.9. The highest BCUT2D eigenvalue weighted by Gasteiger charge is 2.14. The van der Waals surface area contributed by atoms with Gasteiger partial charge in [0.15, 0.2) is 11.5 Å². The summed E-state index contributed by atoms with van der Waals surface area (Å²) in [5, 5.41) is 6.30. The van der Waals surface area contributed by atoms with Crippen molar-refractivity contribution in [1.82, 2.24) is 4.98 Å². The summed E-state index contributed by atoms with van der Waals surface area (Å²) in [6.07, 6.45) is 2.52. The zero-order valence-electron chi connectivity index (χ0n) is 16.5. The fraction of sp³-hybridized carbons (Fsp3) is 0.217. The zero-order chi connectivity index (χ0) is 20.2. The Morgan fingerprint density at radius 3 is 2.76 bits per heavy atom. The maximum Gasteiger partial charge on any atom is 0.274 e. The molecule has 1 amide bonds. The van der Waals surface area contributed by atoms with Gasteiger partial charge in [-0.05, 0) is 54.3 Å². The predicted molar refractivity (Wildman–Crippen MR) is 113 cm³/mol. The molecule has 0 unspecified atom stereocenters. The van der Waals surface area contributed by atoms with E-state index in [1.165, 1.54) is 0 Å². The number of aromatic nitrogens is 1. The van der Waals surface area contributed by atoms with Crippen LogP contribution in [0.3, 0.4) is 0 Å². The van der Waals surface area contributed by atoms with E-state index in [0.717, 1.165) is 46.0 Å². The number of hydrogen-bond donors (Lipinski definition) is 2. The van der Waals surface area contributed by atoms with Crippen molar-refractivity contribution in [2.45, 2.75) is 26.8 Å². The molecule has 1 aliphatic heterocycles. The number of nitrogens with one attached hydrogen (secondary N) is 2. The summed E-state index contributed by atoms with van der Waals surface area (Å²) in [5.41, 5.74) is 5.31. The molecule has 4 rings (SSSR count). The average Bonchev–Trinajstić information content (AvgIpc) is 3.22. The van der Waals surface area contributed by atoms with Crippen LogP contribution in [0.4, 0.5) is 11.4 Å². The van der Waals surface area contributed by atoms with Crippen molar-refractivity contribution in [2.24, 2.45) is 0 Å². The zero-order valence-corrected chi connectivity index (χ0v) is 16.5. The molecule has 6 heteroatoms. The Morgan fingerprint density at radius 1 is 1.10 bits per heavy atom. The quantitative estimate of drug-likeness (QED) is 0.647. The Hall–Kier alpha value is -3.54. The molecule has 0 saturated heterocycles. The van der Waals surface area contributed by atoms with Crippen LogP contribution in [-0.2, 0) is 13.0 Å². The number of pyridine rings is 1. The van der Waals surface area contributed by atoms with Gasteiger partial charge in [-0.2, -0.15) is 0 Å². The van der Waals surface area contributed by atoms with E-state index >= 15 is 0 Å². The van der Waals surface area contributed by atoms with E-state index in [-0.39, 0.29) is 12.7 Å². The summed E-state index contributed by atoms with van der Waals surface area (Å²) in [6.45, 7) is 4.95. The molecule has 0 atom stereocenters. The lowest BCUT2D eigenvalue weighted by molar-refractivity contribution is 0.102. The van der Waals surface area contributed by atoms with E-state index in [4.69, 9.17) is 9.47 Å². The normalized spacial score (nSPS) is 11.9. The van der Waals surface area contributed by atoms with Gasteiger partial charge in [-0.25, -0.2) is 4.98 Å². The largest absolute Gasteiger partial charge is 0.454 e. The Kier molecular flexibility index (Phi) is 5.33. The van der Waals surface area contributed by atoms with Gasteiger partial charge < -0.3 is 20.1 Å². The van der Waals surface area contributed by atoms with Gasteiger partial charge in [-0.3, -0.25) is 4.79 Å². The lowest BCUT2D eigenvalue weighted by Gasteiger charge is -2.13. The van der Waals surface area contributed by atoms with Gasteiger partial charge in [-0.15, -0.1) is 0 Å². The van der Waals surface area contributed by atoms with Gasteiger partial charge in [0.2, 0.25) is 6.79 Å². The number of ether oxygens (including phenoxy) is 2. The molecule has 3 aromatic rings. The molecule has 2 heterocycles. The number of carbonyl (C=O) groups excluding carboxylic acids is 1. The fourth-order valence-electron chi connectivity index (χ4n) is 3.27. The number of nitrogens with zero attached hydrogens (tertiary/aromatic N) is 1. The maximum absolute atomic E-state index is 12.6. The molecule has 0 fully saturated rings. The second kappa shape index (κ2) is 8.22. The van der Waals surface area contributed by atoms with Crippen LogP contribution in [0.15, 0.2) is 54.7 Å². The van der Waals surface area contributed by atoms with E-state index in [1.54, 1.807) is 12.3 Å². The highest BCUT2D eigenvalue weighted by molar-refractivity contribution is 6.03. The lowest BCUT2D eigenvalue weighted by Crippen LogP contribution is -2.15. The molecule has 1 aromatic heterocycles. The first-order valence-electron chi connectivity index (χ1n) is 9.62. The lowest BCUT2D eigenvalue weighted by atomic mass is 10.1. The molecule has 0 spiro atoms. The molecule has 1 aliphatic rings. The average molecular weight is 389 g/mol. The molecule has 6 nitrogen and oxygen atoms in total. The monoisotopic (exact) mass is 389 g/mol. The van der Waals surface area contributed by atoms with E-state index in [0.29, 0.717) is 12.2 Å². The van der Waals surface area contributed by atoms with Crippen LogP contribution in [0.1, 0.15) is 34.1 Å². The molecular weight excluding hydrogens is 366 g/mol. The minimum Gasteiger partial charge on any atom is -0.454 e. The van der Waals surface area contributed by atoms with Gasteiger partial charge in [-0.1, -0.05) is 31.2 Å². The van der Waals surface area contributed by atoms with Gasteiger partial charge in [0.1, 0.15) is 5.69 Å². The standard InChI is InChI=1S/C23H23N3O3/c1-3-17-6-4-5-15(2)22(17)26-23(27)19-9-8-18(13-25-19)24-12-16-7-10-20-21(11-16)29-14-28-20/h4-11,13,24H,3,12,14H2,1-2H3,(H,26,27). The topological polar surface area (TPSA) is 72.5 Å². The Bertz CT molecular complexity index is 1030. The van der Waals surface area contributed by atoms with Crippen LogP contribution in [0.25, 0.3) is 0 Å². The van der Waals surface area contributed by atoms with Gasteiger partial charge in [0, 0.05) is 12.2 Å². The number of fused-ring (bicyclic) bond motifs is 1. The minimum atomic E-state index is -0.212. The maximum atomic E-state index is 12.6. The number of aryl methyl sites for hydroxylation is 2. The first-order chi connectivity index (χ1) is 14.1. The fourth-order valence-corrected chi connectivity index (χ4v) is 3.27. The van der Waals surface area contributed by atoms with E-state index < -0.39 is 0 Å². The number of amides is 1. The van der Waals surface area contributed by atoms with Crippen molar-refractivity contribution in [2.75, 3.05) is 17.4 Å². The van der Waals surface area contributed by atoms with Gasteiger partial charge in [0.05, 0.1) is 11.9 Å². The van der Waals surface area contributed by atoms with Crippen LogP contribution in [-0.4, -0.2) is 17.7 Å². The molecule has 2 aromatic carbocycles. The highest BCUT2D eigenvalue weighted by atomic mass is 16.7. The van der Waals surface area contributed by atoms with Crippen molar-refractivity contribution in [1.29, 1.82) is 0 Å². The molecule has 29 heavy (non-hydrogen) atoms. The highest BCUT2D eigenvalue weighted by Crippen LogP contribution is 2.32. The molecule has 0 bridgehead atoms. The molecule has 0 saturated carbocycles. The van der Waals surface area contributed by atoms with Crippen molar-refractivity contribution in [3.8, 4) is 11.5 Å². The van der Waals surface area contributed by atoms with E-state index in [9.17, 15) is 4.79 Å². The molecule has 0 aliphatic carbocycles. The van der Waals surface area contributed by atoms with Gasteiger partial charge >= 0.3 is 0 Å². The van der Waals surface area contributed by atoms with E-state index in [2.05, 4.69) is 22.5 Å². The Morgan fingerprint density at radius 2 is 1.97 bits per heavy atom. The van der Waals surface area contributed by atoms with Crippen molar-refractivity contribution < 1.29 is 14.3 Å². The van der Waals surface area contributed by atoms with Crippen LogP contribution in [0.5, 0.6) is 11.5 Å². The number of rotatable bonds is 6. The first kappa shape index (κ1) is 18.8. The van der Waals surface area contributed by atoms with E-state index in [1.807, 2.05) is 49.4 Å². The Labute approximate surface area is 169 Å². The van der Waals surface area contributed by atoms with Crippen LogP contribution < -0.4 is 20.1 Å². The third-order valence-corrected chi connectivity index (χ3v) is 4.91. The second-order valence-electron chi connectivity index (χ2n) is 6.89.